The molecule has 10 nitrogen and oxygen atoms in total. The van der Waals surface area contributed by atoms with Crippen LogP contribution >= 0.6 is 27.5 Å². The number of aryl methyl sites for hydroxylation is 2. The molecule has 4 aliphatic rings. The summed E-state index contributed by atoms with van der Waals surface area (Å²) in [5, 5.41) is 8.42. The number of ether oxygens (including phenoxy) is 1. The number of fused-ring (bicyclic) bond motifs is 7. The molecule has 0 radical (unpaired) electrons. The topological polar surface area (TPSA) is 133 Å². The second-order valence-corrected chi connectivity index (χ2v) is 15.0. The van der Waals surface area contributed by atoms with Crippen molar-refractivity contribution in [1.82, 2.24) is 19.9 Å². The second kappa shape index (κ2) is 9.77. The van der Waals surface area contributed by atoms with E-state index < -0.39 is 23.7 Å². The Hall–Kier alpha value is -4.58. The summed E-state index contributed by atoms with van der Waals surface area (Å²) in [7, 11) is 1.95. The molecule has 10 bridgehead atoms. The highest BCUT2D eigenvalue weighted by Crippen LogP contribution is 2.63. The number of amides is 1. The lowest BCUT2D eigenvalue weighted by Crippen LogP contribution is -2.45. The number of hydrogen-bond donors (Lipinski definition) is 3. The fourth-order valence-electron chi connectivity index (χ4n) is 8.33. The molecule has 4 aliphatic heterocycles. The zero-order valence-corrected chi connectivity index (χ0v) is 29.3. The molecule has 7 heterocycles. The van der Waals surface area contributed by atoms with E-state index in [0.29, 0.717) is 46.1 Å². The first-order valence-corrected chi connectivity index (χ1v) is 17.5. The number of para-hydroxylation sites is 1. The number of nitrogens with one attached hydrogen (secondary N) is 2. The van der Waals surface area contributed by atoms with Crippen molar-refractivity contribution in [3.05, 3.63) is 92.2 Å². The highest BCUT2D eigenvalue weighted by Gasteiger charge is 2.62. The van der Waals surface area contributed by atoms with Gasteiger partial charge in [0.15, 0.2) is 23.4 Å². The predicted molar refractivity (Wildman–Crippen MR) is 189 cm³/mol. The molecule has 0 fully saturated rings. The quantitative estimate of drug-likeness (QED) is 0.159. The zero-order chi connectivity index (χ0) is 33.7. The van der Waals surface area contributed by atoms with Gasteiger partial charge in [0.25, 0.3) is 0 Å². The van der Waals surface area contributed by atoms with E-state index in [1.807, 2.05) is 44.5 Å². The molecule has 12 heteroatoms. The summed E-state index contributed by atoms with van der Waals surface area (Å²) in [5.41, 5.74) is 13.9. The van der Waals surface area contributed by atoms with Crippen LogP contribution in [0.4, 0.5) is 5.69 Å². The minimum atomic E-state index is -1.03. The van der Waals surface area contributed by atoms with E-state index >= 15 is 0 Å². The fourth-order valence-corrected chi connectivity index (χ4v) is 9.20. The Bertz CT molecular complexity index is 2460. The van der Waals surface area contributed by atoms with E-state index in [1.165, 1.54) is 0 Å². The van der Waals surface area contributed by atoms with Crippen molar-refractivity contribution < 1.29 is 18.4 Å². The molecule has 4 atom stereocenters. The molecular weight excluding hydrogens is 708 g/mol. The molecule has 3 unspecified atom stereocenters. The van der Waals surface area contributed by atoms with Crippen LogP contribution in [0.3, 0.4) is 0 Å². The number of carbonyl (C=O) groups is 1. The number of rotatable bonds is 1. The Balaban J connectivity index is 1.42. The lowest BCUT2D eigenvalue weighted by molar-refractivity contribution is -0.123. The first-order valence-electron chi connectivity index (χ1n) is 16.3. The van der Waals surface area contributed by atoms with Crippen LogP contribution in [0, 0.1) is 12.8 Å². The van der Waals surface area contributed by atoms with Gasteiger partial charge in [0.05, 0.1) is 27.3 Å². The number of anilines is 1. The van der Waals surface area contributed by atoms with Gasteiger partial charge in [-0.2, -0.15) is 0 Å². The van der Waals surface area contributed by atoms with Crippen molar-refractivity contribution in [3.8, 4) is 39.8 Å². The van der Waals surface area contributed by atoms with Crippen molar-refractivity contribution in [3.63, 3.8) is 0 Å². The van der Waals surface area contributed by atoms with E-state index in [0.717, 1.165) is 54.4 Å². The van der Waals surface area contributed by atoms with Gasteiger partial charge >= 0.3 is 0 Å². The number of nitrogens with two attached hydrogens (primary N) is 1. The molecule has 4 N–H and O–H groups in total. The summed E-state index contributed by atoms with van der Waals surface area (Å²) < 4.78 is 23.4. The standard InChI is InChI=1S/C37H30BrClN6O4/c1-14(2)26-34-43-28-31(49-34)37-19-9-5-8-18(17-7-6-10-23-24(17)25(32(39)45(23)4)29-15(3)41-35(28)47-29)27(19)44-36(37)48-30-20(37)11-16(12-21(30)38)13-22(40)33(46)42-26/h5-12,14,22,26,36,44H,13,40H2,1-4H3,(H,42,46)/t22-,26?,36?,37?/m0/s1. The maximum atomic E-state index is 13.6. The molecule has 49 heavy (non-hydrogen) atoms. The number of carbonyl (C=O) groups excluding carboxylic acids is 1. The number of halogens is 2. The molecule has 246 valence electrons. The van der Waals surface area contributed by atoms with E-state index in [-0.39, 0.29) is 17.7 Å². The van der Waals surface area contributed by atoms with Crippen LogP contribution < -0.4 is 21.1 Å². The molecule has 0 aliphatic carbocycles. The Labute approximate surface area is 294 Å². The summed E-state index contributed by atoms with van der Waals surface area (Å²) in [6.07, 6.45) is -0.298. The molecule has 10 rings (SSSR count). The van der Waals surface area contributed by atoms with Crippen LogP contribution in [0.1, 0.15) is 53.9 Å². The number of oxazole rings is 2. The average molecular weight is 738 g/mol. The Morgan fingerprint density at radius 2 is 1.88 bits per heavy atom. The maximum absolute atomic E-state index is 13.6. The van der Waals surface area contributed by atoms with Crippen molar-refractivity contribution >= 4 is 50.0 Å². The highest BCUT2D eigenvalue weighted by molar-refractivity contribution is 9.10. The molecule has 3 aromatic carbocycles. The third-order valence-electron chi connectivity index (χ3n) is 10.6. The normalized spacial score (nSPS) is 22.7. The van der Waals surface area contributed by atoms with Crippen molar-refractivity contribution in [2.24, 2.45) is 18.7 Å². The smallest absolute Gasteiger partial charge is 0.249 e. The zero-order valence-electron chi connectivity index (χ0n) is 26.9. The maximum Gasteiger partial charge on any atom is 0.249 e. The van der Waals surface area contributed by atoms with Crippen LogP contribution in [0.25, 0.3) is 44.9 Å². The van der Waals surface area contributed by atoms with Gasteiger partial charge in [0.1, 0.15) is 22.4 Å². The van der Waals surface area contributed by atoms with Gasteiger partial charge < -0.3 is 34.5 Å². The molecule has 0 saturated carbocycles. The predicted octanol–water partition coefficient (Wildman–Crippen LogP) is 7.37. The van der Waals surface area contributed by atoms with Crippen molar-refractivity contribution in [2.75, 3.05) is 5.32 Å². The Kier molecular flexibility index (Phi) is 5.85. The Morgan fingerprint density at radius 3 is 2.69 bits per heavy atom. The monoisotopic (exact) mass is 736 g/mol. The Morgan fingerprint density at radius 1 is 1.08 bits per heavy atom. The SMILES string of the molecule is Cc1nc2oc1-c1c(Cl)n(C)c3cccc(c13)-c1cccc3c1NC1Oc4c(Br)cc5cc4C31c1oc(nc1-2)C(C(C)C)NC(=O)[C@@H](N)C5. The fraction of sp³-hybridized carbons (Fsp3) is 0.270. The summed E-state index contributed by atoms with van der Waals surface area (Å²) in [6.45, 7) is 5.94. The first-order chi connectivity index (χ1) is 23.6. The lowest BCUT2D eigenvalue weighted by Gasteiger charge is -2.28. The van der Waals surface area contributed by atoms with E-state index in [1.54, 1.807) is 0 Å². The molecule has 1 spiro atoms. The average Bonchev–Trinajstić information content (AvgIpc) is 3.86. The summed E-state index contributed by atoms with van der Waals surface area (Å²) in [6, 6.07) is 15.2. The van der Waals surface area contributed by atoms with E-state index in [2.05, 4.69) is 63.0 Å². The lowest BCUT2D eigenvalue weighted by atomic mass is 9.72. The van der Waals surface area contributed by atoms with Gasteiger partial charge in [-0.25, -0.2) is 9.97 Å². The van der Waals surface area contributed by atoms with Gasteiger partial charge in [-0.3, -0.25) is 4.79 Å². The minimum Gasteiger partial charge on any atom is -0.467 e. The van der Waals surface area contributed by atoms with Crippen LogP contribution in [0.2, 0.25) is 5.15 Å². The van der Waals surface area contributed by atoms with Crippen LogP contribution in [0.15, 0.2) is 61.8 Å². The third kappa shape index (κ3) is 3.62. The van der Waals surface area contributed by atoms with Gasteiger partial charge in [-0.05, 0) is 58.5 Å². The molecule has 3 aromatic heterocycles. The third-order valence-corrected chi connectivity index (χ3v) is 11.6. The van der Waals surface area contributed by atoms with Gasteiger partial charge in [-0.1, -0.05) is 61.8 Å². The summed E-state index contributed by atoms with van der Waals surface area (Å²) in [4.78, 5) is 23.7. The number of hydrogen-bond acceptors (Lipinski definition) is 8. The second-order valence-electron chi connectivity index (χ2n) is 13.8. The highest BCUT2D eigenvalue weighted by atomic mass is 79.9. The minimum absolute atomic E-state index is 0.0791. The van der Waals surface area contributed by atoms with Crippen LogP contribution in [0.5, 0.6) is 5.75 Å². The molecular formula is C37H30BrClN6O4. The van der Waals surface area contributed by atoms with Crippen LogP contribution in [-0.4, -0.2) is 32.7 Å². The molecule has 6 aromatic rings. The first kappa shape index (κ1) is 29.3. The van der Waals surface area contributed by atoms with Crippen molar-refractivity contribution in [1.29, 1.82) is 0 Å². The van der Waals surface area contributed by atoms with Gasteiger partial charge in [0.2, 0.25) is 17.7 Å². The van der Waals surface area contributed by atoms with Crippen molar-refractivity contribution in [2.45, 2.75) is 50.9 Å². The number of aromatic nitrogens is 3. The summed E-state index contributed by atoms with van der Waals surface area (Å²) >= 11 is 10.9. The van der Waals surface area contributed by atoms with Gasteiger partial charge in [-0.15, -0.1) is 0 Å². The molecule has 0 saturated heterocycles. The van der Waals surface area contributed by atoms with Crippen LogP contribution in [-0.2, 0) is 23.7 Å². The van der Waals surface area contributed by atoms with Gasteiger partial charge in [0, 0.05) is 34.8 Å². The van der Waals surface area contributed by atoms with E-state index in [4.69, 9.17) is 40.9 Å². The largest absolute Gasteiger partial charge is 0.467 e. The molecule has 1 amide bonds. The summed E-state index contributed by atoms with van der Waals surface area (Å²) in [5.74, 6) is 1.98. The number of benzene rings is 3. The van der Waals surface area contributed by atoms with E-state index in [9.17, 15) is 4.79 Å². The number of nitrogens with zero attached hydrogens (tertiary/aromatic N) is 3.